The Hall–Kier alpha value is -1.24. The number of rotatable bonds is 2. The number of carbonyl (C=O) groups is 2. The van der Waals surface area contributed by atoms with Crippen LogP contribution in [0, 0.1) is 28.6 Å². The fourth-order valence-electron chi connectivity index (χ4n) is 7.41. The van der Waals surface area contributed by atoms with Crippen LogP contribution in [0.3, 0.4) is 0 Å². The van der Waals surface area contributed by atoms with Crippen molar-refractivity contribution in [3.8, 4) is 0 Å². The summed E-state index contributed by atoms with van der Waals surface area (Å²) < 4.78 is 0. The molecule has 0 heterocycles. The normalized spacial score (nSPS) is 55.3. The third-order valence-electron chi connectivity index (χ3n) is 8.64. The summed E-state index contributed by atoms with van der Waals surface area (Å²) in [7, 11) is 0. The van der Waals surface area contributed by atoms with Crippen molar-refractivity contribution in [2.24, 2.45) is 28.6 Å². The second kappa shape index (κ2) is 4.97. The first-order valence-corrected chi connectivity index (χ1v) is 9.48. The van der Waals surface area contributed by atoms with Crippen molar-refractivity contribution >= 4 is 11.8 Å². The van der Waals surface area contributed by atoms with Crippen molar-refractivity contribution < 1.29 is 30.0 Å². The third-order valence-corrected chi connectivity index (χ3v) is 8.64. The number of carboxylic acids is 1. The fourth-order valence-corrected chi connectivity index (χ4v) is 7.41. The first kappa shape index (κ1) is 18.1. The van der Waals surface area contributed by atoms with Gasteiger partial charge in [0, 0.05) is 5.92 Å². The van der Waals surface area contributed by atoms with Gasteiger partial charge in [0.15, 0.2) is 0 Å². The lowest BCUT2D eigenvalue weighted by Gasteiger charge is -2.52. The van der Waals surface area contributed by atoms with Gasteiger partial charge in [0.05, 0.1) is 28.6 Å². The number of aliphatic carboxylic acids is 1. The number of carbonyl (C=O) groups excluding carboxylic acids is 1. The van der Waals surface area contributed by atoms with Crippen LogP contribution in [0.2, 0.25) is 0 Å². The Balaban J connectivity index is 1.96. The van der Waals surface area contributed by atoms with Gasteiger partial charge in [-0.15, -0.1) is 0 Å². The van der Waals surface area contributed by atoms with Crippen LogP contribution in [0.1, 0.15) is 52.4 Å². The second-order valence-electron chi connectivity index (χ2n) is 9.49. The zero-order valence-corrected chi connectivity index (χ0v) is 15.4. The minimum Gasteiger partial charge on any atom is -0.481 e. The van der Waals surface area contributed by atoms with Crippen molar-refractivity contribution in [2.75, 3.05) is 0 Å². The zero-order valence-electron chi connectivity index (χ0n) is 15.4. The SMILES string of the molecule is C=C1CC23C[C@@]1(O)CCC2C1(O)CCC(O)C(C)(C(C)=O)C1C3C(=O)O. The number of fused-ring (bicyclic) bond motifs is 3. The number of aliphatic hydroxyl groups excluding tert-OH is 1. The van der Waals surface area contributed by atoms with E-state index in [1.54, 1.807) is 6.92 Å². The average molecular weight is 364 g/mol. The minimum absolute atomic E-state index is 0.267. The van der Waals surface area contributed by atoms with E-state index in [0.29, 0.717) is 24.8 Å². The summed E-state index contributed by atoms with van der Waals surface area (Å²) in [5, 5.41) is 43.6. The van der Waals surface area contributed by atoms with E-state index in [1.807, 2.05) is 0 Å². The van der Waals surface area contributed by atoms with Crippen LogP contribution in [0.5, 0.6) is 0 Å². The largest absolute Gasteiger partial charge is 0.481 e. The molecule has 0 aliphatic heterocycles. The maximum absolute atomic E-state index is 12.6. The van der Waals surface area contributed by atoms with Crippen LogP contribution in [0.15, 0.2) is 12.2 Å². The molecule has 4 saturated carbocycles. The molecule has 8 atom stereocenters. The maximum Gasteiger partial charge on any atom is 0.307 e. The third kappa shape index (κ3) is 1.78. The molecular formula is C20H28O6. The van der Waals surface area contributed by atoms with Crippen LogP contribution < -0.4 is 0 Å². The quantitative estimate of drug-likeness (QED) is 0.549. The molecule has 0 aromatic rings. The smallest absolute Gasteiger partial charge is 0.307 e. The summed E-state index contributed by atoms with van der Waals surface area (Å²) in [6, 6.07) is 0. The van der Waals surface area contributed by atoms with Gasteiger partial charge in [-0.25, -0.2) is 0 Å². The van der Waals surface area contributed by atoms with E-state index in [0.717, 1.165) is 0 Å². The van der Waals surface area contributed by atoms with E-state index in [-0.39, 0.29) is 31.0 Å². The van der Waals surface area contributed by atoms with Gasteiger partial charge in [-0.05, 0) is 69.3 Å². The van der Waals surface area contributed by atoms with Gasteiger partial charge in [0.1, 0.15) is 5.78 Å². The molecule has 7 unspecified atom stereocenters. The highest BCUT2D eigenvalue weighted by Crippen LogP contribution is 2.75. The molecule has 144 valence electrons. The molecule has 26 heavy (non-hydrogen) atoms. The van der Waals surface area contributed by atoms with E-state index in [4.69, 9.17) is 0 Å². The highest BCUT2D eigenvalue weighted by molar-refractivity contribution is 5.85. The number of Topliss-reactive ketones (excluding diaryl/α,β-unsaturated/α-hetero) is 1. The van der Waals surface area contributed by atoms with Crippen molar-refractivity contribution in [1.29, 1.82) is 0 Å². The Morgan fingerprint density at radius 1 is 1.19 bits per heavy atom. The summed E-state index contributed by atoms with van der Waals surface area (Å²) in [5.74, 6) is -3.52. The number of ketones is 1. The molecule has 4 fully saturated rings. The molecule has 1 spiro atoms. The number of hydrogen-bond acceptors (Lipinski definition) is 5. The predicted octanol–water partition coefficient (Wildman–Crippen LogP) is 1.28. The summed E-state index contributed by atoms with van der Waals surface area (Å²) in [6.07, 6.45) is 1.16. The van der Waals surface area contributed by atoms with E-state index < -0.39 is 45.9 Å². The first-order chi connectivity index (χ1) is 11.9. The predicted molar refractivity (Wildman–Crippen MR) is 92.1 cm³/mol. The number of carboxylic acid groups (broad SMARTS) is 1. The van der Waals surface area contributed by atoms with Crippen molar-refractivity contribution in [1.82, 2.24) is 0 Å². The van der Waals surface area contributed by atoms with Crippen molar-refractivity contribution in [3.05, 3.63) is 12.2 Å². The molecule has 4 aliphatic rings. The molecule has 6 nitrogen and oxygen atoms in total. The monoisotopic (exact) mass is 364 g/mol. The lowest BCUT2D eigenvalue weighted by molar-refractivity contribution is -0.184. The van der Waals surface area contributed by atoms with E-state index in [9.17, 15) is 30.0 Å². The standard InChI is InChI=1S/C20H28O6/c1-10-8-18-9-19(10,25)6-4-12(18)20(26)7-5-13(22)17(3,11(2)21)15(20)14(18)16(23)24/h12-15,22,25-26H,1,4-9H2,2-3H3,(H,23,24)/t12?,13?,14?,15?,17?,18?,19-,20?/m0/s1. The topological polar surface area (TPSA) is 115 Å². The van der Waals surface area contributed by atoms with Crippen LogP contribution in [-0.4, -0.2) is 49.5 Å². The van der Waals surface area contributed by atoms with Gasteiger partial charge in [-0.2, -0.15) is 0 Å². The molecule has 4 rings (SSSR count). The van der Waals surface area contributed by atoms with Crippen LogP contribution in [-0.2, 0) is 9.59 Å². The molecule has 2 bridgehead atoms. The Bertz CT molecular complexity index is 717. The fraction of sp³-hybridized carbons (Fsp3) is 0.800. The molecule has 6 heteroatoms. The average Bonchev–Trinajstić information content (AvgIpc) is 2.88. The summed E-state index contributed by atoms with van der Waals surface area (Å²) in [4.78, 5) is 25.0. The minimum atomic E-state index is -1.32. The maximum atomic E-state index is 12.6. The van der Waals surface area contributed by atoms with Crippen LogP contribution in [0.25, 0.3) is 0 Å². The first-order valence-electron chi connectivity index (χ1n) is 9.48. The summed E-state index contributed by atoms with van der Waals surface area (Å²) in [5.41, 5.74) is -3.90. The Kier molecular flexibility index (Phi) is 3.47. The van der Waals surface area contributed by atoms with E-state index in [2.05, 4.69) is 6.58 Å². The molecule has 0 saturated heterocycles. The summed E-state index contributed by atoms with van der Waals surface area (Å²) in [6.45, 7) is 6.98. The Morgan fingerprint density at radius 2 is 1.85 bits per heavy atom. The van der Waals surface area contributed by atoms with Gasteiger partial charge in [0.25, 0.3) is 0 Å². The van der Waals surface area contributed by atoms with Gasteiger partial charge in [-0.1, -0.05) is 6.58 Å². The zero-order chi connectivity index (χ0) is 19.3. The molecule has 0 amide bonds. The van der Waals surface area contributed by atoms with Crippen LogP contribution in [0.4, 0.5) is 0 Å². The molecule has 0 radical (unpaired) electrons. The van der Waals surface area contributed by atoms with Crippen molar-refractivity contribution in [2.45, 2.75) is 69.7 Å². The Morgan fingerprint density at radius 3 is 2.42 bits per heavy atom. The van der Waals surface area contributed by atoms with Crippen LogP contribution >= 0.6 is 0 Å². The lowest BCUT2D eigenvalue weighted by atomic mass is 9.55. The molecule has 0 aromatic carbocycles. The second-order valence-corrected chi connectivity index (χ2v) is 9.49. The van der Waals surface area contributed by atoms with Gasteiger partial charge >= 0.3 is 5.97 Å². The lowest BCUT2D eigenvalue weighted by Crippen LogP contribution is -2.60. The molecule has 0 aromatic heterocycles. The van der Waals surface area contributed by atoms with E-state index in [1.165, 1.54) is 6.92 Å². The molecule has 4 N–H and O–H groups in total. The van der Waals surface area contributed by atoms with Gasteiger partial charge in [-0.3, -0.25) is 9.59 Å². The molecular weight excluding hydrogens is 336 g/mol. The van der Waals surface area contributed by atoms with E-state index >= 15 is 0 Å². The van der Waals surface area contributed by atoms with Crippen molar-refractivity contribution in [3.63, 3.8) is 0 Å². The summed E-state index contributed by atoms with van der Waals surface area (Å²) >= 11 is 0. The van der Waals surface area contributed by atoms with Gasteiger partial charge in [0.2, 0.25) is 0 Å². The molecule has 4 aliphatic carbocycles. The van der Waals surface area contributed by atoms with Gasteiger partial charge < -0.3 is 20.4 Å². The highest BCUT2D eigenvalue weighted by atomic mass is 16.4. The highest BCUT2D eigenvalue weighted by Gasteiger charge is 2.78. The Labute approximate surface area is 152 Å². The number of hydrogen-bond donors (Lipinski definition) is 4. The number of aliphatic hydroxyl groups is 3.